The topological polar surface area (TPSA) is 22.8 Å². The van der Waals surface area contributed by atoms with E-state index in [-0.39, 0.29) is 13.4 Å². The number of aromatic nitrogens is 2. The van der Waals surface area contributed by atoms with Crippen LogP contribution in [0.1, 0.15) is 0 Å². The molecule has 0 spiro atoms. The largest absolute Gasteiger partial charge is 0.311 e. The number of hydrogen-bond acceptors (Lipinski definition) is 4. The van der Waals surface area contributed by atoms with Crippen LogP contribution >= 0.6 is 0 Å². The summed E-state index contributed by atoms with van der Waals surface area (Å²) in [7, 11) is 0. The first-order valence-electron chi connectivity index (χ1n) is 35.3. The highest BCUT2D eigenvalue weighted by Gasteiger charge is 2.49. The Morgan fingerprint density at radius 3 is 0.804 bits per heavy atom. The van der Waals surface area contributed by atoms with Crippen molar-refractivity contribution in [3.05, 3.63) is 376 Å². The third-order valence-corrected chi connectivity index (χ3v) is 21.6. The number of benzene rings is 15. The van der Waals surface area contributed by atoms with Crippen molar-refractivity contribution in [1.82, 2.24) is 9.13 Å². The van der Waals surface area contributed by atoms with E-state index in [1.54, 1.807) is 0 Å². The van der Waals surface area contributed by atoms with Gasteiger partial charge in [-0.15, -0.1) is 0 Å². The minimum absolute atomic E-state index is 0.194. The number of rotatable bonds is 10. The molecular formula is C94H62B2N6. The molecule has 15 aromatic carbocycles. The van der Waals surface area contributed by atoms with E-state index in [1.807, 2.05) is 0 Å². The second-order valence-corrected chi connectivity index (χ2v) is 27.0. The lowest BCUT2D eigenvalue weighted by molar-refractivity contribution is 1.12. The highest BCUT2D eigenvalue weighted by atomic mass is 15.2. The summed E-state index contributed by atoms with van der Waals surface area (Å²) in [5.41, 5.74) is 34.6. The van der Waals surface area contributed by atoms with Crippen LogP contribution in [0.5, 0.6) is 0 Å². The maximum atomic E-state index is 2.65. The SMILES string of the molecule is c1ccc(-c2c(-c3ccccc3)n(-c3cc4c5c(c3)N(c3ccccc3)c3cc6c(cc3B5c3ccccc3N4c3ccccc3)B3c4ccccc4N(c4ccccc4)c4cc(-n5c(-c7ccccc7)c(-c7ccccc7)c7ccccc75)cc(c43)N6c3ccccc3)c3ccccc23)cc1. The van der Waals surface area contributed by atoms with E-state index < -0.39 is 0 Å². The molecule has 0 aliphatic carbocycles. The Morgan fingerprint density at radius 2 is 0.461 bits per heavy atom. The molecule has 6 heterocycles. The molecule has 0 fully saturated rings. The van der Waals surface area contributed by atoms with E-state index in [9.17, 15) is 0 Å². The minimum Gasteiger partial charge on any atom is -0.311 e. The average Bonchev–Trinajstić information content (AvgIpc) is 0.775. The van der Waals surface area contributed by atoms with Crippen LogP contribution in [0.2, 0.25) is 0 Å². The number of nitrogens with zero attached hydrogens (tertiary/aromatic N) is 6. The maximum Gasteiger partial charge on any atom is 0.252 e. The van der Waals surface area contributed by atoms with Crippen molar-refractivity contribution < 1.29 is 0 Å². The van der Waals surface area contributed by atoms with Gasteiger partial charge in [-0.25, -0.2) is 0 Å². The van der Waals surface area contributed by atoms with Gasteiger partial charge in [0.05, 0.1) is 33.8 Å². The molecule has 21 rings (SSSR count). The summed E-state index contributed by atoms with van der Waals surface area (Å²) in [5, 5.41) is 2.38. The summed E-state index contributed by atoms with van der Waals surface area (Å²) in [4.78, 5) is 10.3. The quantitative estimate of drug-likeness (QED) is 0.127. The van der Waals surface area contributed by atoms with Gasteiger partial charge in [-0.3, -0.25) is 0 Å². The van der Waals surface area contributed by atoms with Crippen LogP contribution in [0.4, 0.5) is 68.2 Å². The molecule has 0 saturated carbocycles. The number of para-hydroxylation sites is 8. The monoisotopic (exact) mass is 1300 g/mol. The zero-order chi connectivity index (χ0) is 66.9. The van der Waals surface area contributed by atoms with Crippen molar-refractivity contribution in [2.75, 3.05) is 19.6 Å². The van der Waals surface area contributed by atoms with Crippen molar-refractivity contribution in [2.24, 2.45) is 0 Å². The van der Waals surface area contributed by atoms with Crippen LogP contribution in [0.25, 0.3) is 77.9 Å². The lowest BCUT2D eigenvalue weighted by Gasteiger charge is -2.47. The molecule has 0 radical (unpaired) electrons. The Kier molecular flexibility index (Phi) is 13.1. The molecule has 6 nitrogen and oxygen atoms in total. The van der Waals surface area contributed by atoms with Crippen LogP contribution in [0, 0.1) is 0 Å². The Balaban J connectivity index is 0.892. The van der Waals surface area contributed by atoms with Gasteiger partial charge in [0.2, 0.25) is 0 Å². The molecule has 2 aromatic heterocycles. The number of hydrogen-bond donors (Lipinski definition) is 0. The van der Waals surface area contributed by atoms with Gasteiger partial charge in [-0.05, 0) is 158 Å². The normalized spacial score (nSPS) is 13.0. The van der Waals surface area contributed by atoms with Crippen molar-refractivity contribution in [2.45, 2.75) is 0 Å². The fourth-order valence-electron chi connectivity index (χ4n) is 17.6. The second-order valence-electron chi connectivity index (χ2n) is 27.0. The molecule has 8 heteroatoms. The summed E-state index contributed by atoms with van der Waals surface area (Å²) in [6, 6.07) is 140. The van der Waals surface area contributed by atoms with Gasteiger partial charge < -0.3 is 28.7 Å². The maximum absolute atomic E-state index is 2.65. The summed E-state index contributed by atoms with van der Waals surface area (Å²) < 4.78 is 5.10. The first-order chi connectivity index (χ1) is 50.7. The first-order valence-corrected chi connectivity index (χ1v) is 35.3. The second kappa shape index (κ2) is 23.2. The lowest BCUT2D eigenvalue weighted by atomic mass is 9.30. The van der Waals surface area contributed by atoms with E-state index in [1.165, 1.54) is 65.8 Å². The minimum atomic E-state index is -0.194. The molecule has 0 atom stereocenters. The standard InChI is InChI=1S/C94H62B2N6/c1-9-33-63(34-10-1)89-73-49-25-29-53-79(73)101(93(89)65-37-13-3-14-38-65)71-57-85-91-87(59-71)99(69-45-21-7-22-46-69)83-62-84-78(61-77(83)95(91)75-51-27-31-55-81(75)97(85)67-41-17-5-18-42-67)96-76-52-28-32-56-82(76)98(68-43-19-6-20-44-68)86-58-72(60-88(92(86)96)100(84)70-47-23-8-24-48-70)102-80-54-30-26-50-74(80)90(64-35-11-2-12-36-64)94(102)66-39-15-4-16-40-66/h1-62H. The Labute approximate surface area is 593 Å². The van der Waals surface area contributed by atoms with Crippen molar-refractivity contribution in [3.8, 4) is 56.1 Å². The van der Waals surface area contributed by atoms with Gasteiger partial charge in [0.25, 0.3) is 13.4 Å². The van der Waals surface area contributed by atoms with Crippen molar-refractivity contribution >= 4 is 136 Å². The molecule has 0 unspecified atom stereocenters. The smallest absolute Gasteiger partial charge is 0.252 e. The van der Waals surface area contributed by atoms with E-state index in [4.69, 9.17) is 0 Å². The molecule has 0 bridgehead atoms. The van der Waals surface area contributed by atoms with E-state index in [2.05, 4.69) is 405 Å². The summed E-state index contributed by atoms with van der Waals surface area (Å²) in [6.45, 7) is -0.388. The van der Waals surface area contributed by atoms with Crippen LogP contribution in [-0.2, 0) is 0 Å². The molecule has 4 aliphatic rings. The Bertz CT molecular complexity index is 5770. The van der Waals surface area contributed by atoms with Gasteiger partial charge >= 0.3 is 0 Å². The lowest BCUT2D eigenvalue weighted by Crippen LogP contribution is -2.65. The van der Waals surface area contributed by atoms with Crippen LogP contribution < -0.4 is 52.4 Å². The Hall–Kier alpha value is -13.3. The van der Waals surface area contributed by atoms with Gasteiger partial charge in [0.1, 0.15) is 0 Å². The molecule has 4 aliphatic heterocycles. The third kappa shape index (κ3) is 8.69. The number of fused-ring (bicyclic) bond motifs is 10. The molecule has 102 heavy (non-hydrogen) atoms. The Morgan fingerprint density at radius 1 is 0.186 bits per heavy atom. The average molecular weight is 1300 g/mol. The number of anilines is 12. The molecule has 0 saturated heterocycles. The summed E-state index contributed by atoms with van der Waals surface area (Å²) >= 11 is 0. The predicted molar refractivity (Wildman–Crippen MR) is 430 cm³/mol. The van der Waals surface area contributed by atoms with Gasteiger partial charge in [0, 0.05) is 90.1 Å². The van der Waals surface area contributed by atoms with Gasteiger partial charge in [-0.1, -0.05) is 273 Å². The van der Waals surface area contributed by atoms with Crippen LogP contribution in [0.15, 0.2) is 376 Å². The van der Waals surface area contributed by atoms with Crippen molar-refractivity contribution in [1.29, 1.82) is 0 Å². The molecular weight excluding hydrogens is 1230 g/mol. The van der Waals surface area contributed by atoms with E-state index >= 15 is 0 Å². The van der Waals surface area contributed by atoms with Crippen LogP contribution in [-0.4, -0.2) is 22.6 Å². The highest BCUT2D eigenvalue weighted by molar-refractivity contribution is 7.03. The molecule has 0 amide bonds. The zero-order valence-corrected chi connectivity index (χ0v) is 55.6. The predicted octanol–water partition coefficient (Wildman–Crippen LogP) is 20.4. The fraction of sp³-hybridized carbons (Fsp3) is 0. The van der Waals surface area contributed by atoms with E-state index in [0.717, 1.165) is 113 Å². The first kappa shape index (κ1) is 57.7. The summed E-state index contributed by atoms with van der Waals surface area (Å²) in [5.74, 6) is 0. The third-order valence-electron chi connectivity index (χ3n) is 21.6. The zero-order valence-electron chi connectivity index (χ0n) is 55.6. The van der Waals surface area contributed by atoms with Gasteiger partial charge in [0.15, 0.2) is 0 Å². The molecule has 17 aromatic rings. The van der Waals surface area contributed by atoms with Crippen molar-refractivity contribution in [3.63, 3.8) is 0 Å². The fourth-order valence-corrected chi connectivity index (χ4v) is 17.6. The summed E-state index contributed by atoms with van der Waals surface area (Å²) in [6.07, 6.45) is 0. The van der Waals surface area contributed by atoms with Gasteiger partial charge in [-0.2, -0.15) is 0 Å². The highest BCUT2D eigenvalue weighted by Crippen LogP contribution is 2.53. The van der Waals surface area contributed by atoms with Crippen LogP contribution in [0.3, 0.4) is 0 Å². The van der Waals surface area contributed by atoms with E-state index in [0.29, 0.717) is 0 Å². The molecule has 0 N–H and O–H groups in total. The molecule has 474 valence electrons.